The molecule has 264 valence electrons. The zero-order valence-electron chi connectivity index (χ0n) is 28.4. The molecule has 12 heteroatoms. The Balaban J connectivity index is 1.37. The first-order chi connectivity index (χ1) is 23.4. The van der Waals surface area contributed by atoms with Crippen LogP contribution in [0.5, 0.6) is 5.75 Å². The number of amides is 3. The number of nitrogens with one attached hydrogen (secondary N) is 2. The van der Waals surface area contributed by atoms with Gasteiger partial charge in [-0.25, -0.2) is 0 Å². The Bertz CT molecular complexity index is 1610. The van der Waals surface area contributed by atoms with Gasteiger partial charge in [-0.1, -0.05) is 54.7 Å². The lowest BCUT2D eigenvalue weighted by Gasteiger charge is -2.34. The third-order valence-electron chi connectivity index (χ3n) is 8.67. The van der Waals surface area contributed by atoms with Crippen molar-refractivity contribution in [1.82, 2.24) is 9.80 Å². The van der Waals surface area contributed by atoms with Gasteiger partial charge in [0.1, 0.15) is 11.9 Å². The number of nitrogen functional groups attached to an aromatic ring is 1. The number of unbranched alkanes of at least 4 members (excludes halogenated alkanes) is 2. The minimum Gasteiger partial charge on any atom is -0.488 e. The van der Waals surface area contributed by atoms with Gasteiger partial charge in [0, 0.05) is 49.6 Å². The molecule has 0 radical (unpaired) electrons. The third kappa shape index (κ3) is 11.4. The average molecular weight is 713 g/mol. The second-order valence-electron chi connectivity index (χ2n) is 12.9. The Labute approximate surface area is 298 Å². The van der Waals surface area contributed by atoms with E-state index in [1.165, 1.54) is 0 Å². The van der Waals surface area contributed by atoms with Gasteiger partial charge in [-0.15, -0.1) is 0 Å². The van der Waals surface area contributed by atoms with Gasteiger partial charge in [-0.2, -0.15) is 0 Å². The van der Waals surface area contributed by atoms with Gasteiger partial charge in [-0.05, 0) is 74.8 Å². The fourth-order valence-electron chi connectivity index (χ4n) is 5.84. The summed E-state index contributed by atoms with van der Waals surface area (Å²) in [6.45, 7) is 5.33. The van der Waals surface area contributed by atoms with E-state index in [1.807, 2.05) is 45.2 Å². The van der Waals surface area contributed by atoms with E-state index >= 15 is 0 Å². The van der Waals surface area contributed by atoms with Gasteiger partial charge in [0.15, 0.2) is 0 Å². The minimum atomic E-state index is -0.364. The van der Waals surface area contributed by atoms with Crippen molar-refractivity contribution in [2.24, 2.45) is 5.92 Å². The molecular formula is C37H47Cl2N5O5. The highest BCUT2D eigenvalue weighted by atomic mass is 35.5. The molecule has 0 saturated heterocycles. The summed E-state index contributed by atoms with van der Waals surface area (Å²) in [5, 5.41) is 16.7. The van der Waals surface area contributed by atoms with Gasteiger partial charge in [0.25, 0.3) is 0 Å². The molecule has 0 unspecified atom stereocenters. The Morgan fingerprint density at radius 2 is 1.73 bits per heavy atom. The molecule has 1 heterocycles. The van der Waals surface area contributed by atoms with Gasteiger partial charge in [-0.3, -0.25) is 19.3 Å². The number of aliphatic hydroxyl groups excluding tert-OH is 1. The lowest BCUT2D eigenvalue weighted by atomic mass is 10.0. The van der Waals surface area contributed by atoms with Crippen molar-refractivity contribution in [2.75, 3.05) is 43.1 Å². The molecule has 0 spiro atoms. The van der Waals surface area contributed by atoms with Crippen molar-refractivity contribution in [3.05, 3.63) is 81.8 Å². The molecule has 4 rings (SSSR count). The number of para-hydroxylation sites is 2. The van der Waals surface area contributed by atoms with Crippen LogP contribution in [0.25, 0.3) is 0 Å². The molecule has 5 N–H and O–H groups in total. The summed E-state index contributed by atoms with van der Waals surface area (Å²) in [5.41, 5.74) is 9.25. The molecule has 10 nitrogen and oxygen atoms in total. The van der Waals surface area contributed by atoms with Crippen molar-refractivity contribution in [1.29, 1.82) is 0 Å². The van der Waals surface area contributed by atoms with Crippen LogP contribution >= 0.6 is 23.2 Å². The smallest absolute Gasteiger partial charge is 0.227 e. The molecule has 3 atom stereocenters. The summed E-state index contributed by atoms with van der Waals surface area (Å²) >= 11 is 12.3. The highest BCUT2D eigenvalue weighted by molar-refractivity contribution is 6.42. The van der Waals surface area contributed by atoms with E-state index in [-0.39, 0.29) is 48.8 Å². The molecule has 1 aliphatic heterocycles. The van der Waals surface area contributed by atoms with E-state index in [0.29, 0.717) is 83.7 Å². The summed E-state index contributed by atoms with van der Waals surface area (Å²) < 4.78 is 6.62. The molecular weight excluding hydrogens is 665 g/mol. The first-order valence-electron chi connectivity index (χ1n) is 16.7. The largest absolute Gasteiger partial charge is 0.488 e. The molecule has 0 saturated carbocycles. The number of halogens is 2. The van der Waals surface area contributed by atoms with Crippen LogP contribution in [0.1, 0.15) is 57.1 Å². The molecule has 49 heavy (non-hydrogen) atoms. The van der Waals surface area contributed by atoms with Crippen LogP contribution in [0.15, 0.2) is 60.7 Å². The number of likely N-dealkylation sites (N-methyl/N-ethyl adjacent to an activating group) is 1. The monoisotopic (exact) mass is 711 g/mol. The van der Waals surface area contributed by atoms with Crippen LogP contribution < -0.4 is 21.1 Å². The Kier molecular flexibility index (Phi) is 14.1. The summed E-state index contributed by atoms with van der Waals surface area (Å²) in [7, 11) is 2.00. The van der Waals surface area contributed by atoms with Crippen LogP contribution in [0, 0.1) is 5.92 Å². The Morgan fingerprint density at radius 1 is 1.02 bits per heavy atom. The zero-order chi connectivity index (χ0) is 35.5. The highest BCUT2D eigenvalue weighted by Crippen LogP contribution is 2.30. The van der Waals surface area contributed by atoms with Gasteiger partial charge >= 0.3 is 0 Å². The number of benzene rings is 3. The van der Waals surface area contributed by atoms with Crippen LogP contribution in [-0.4, -0.2) is 71.5 Å². The summed E-state index contributed by atoms with van der Waals surface area (Å²) in [4.78, 5) is 42.5. The third-order valence-corrected chi connectivity index (χ3v) is 9.41. The summed E-state index contributed by atoms with van der Waals surface area (Å²) in [6, 6.07) is 17.7. The second-order valence-corrected chi connectivity index (χ2v) is 13.7. The van der Waals surface area contributed by atoms with E-state index in [0.717, 1.165) is 12.0 Å². The molecule has 0 fully saturated rings. The second kappa shape index (κ2) is 18.2. The maximum absolute atomic E-state index is 13.6. The topological polar surface area (TPSA) is 137 Å². The summed E-state index contributed by atoms with van der Waals surface area (Å²) in [6.07, 6.45) is 2.42. The number of aliphatic hydroxyl groups is 1. The van der Waals surface area contributed by atoms with E-state index < -0.39 is 0 Å². The highest BCUT2D eigenvalue weighted by Gasteiger charge is 2.31. The number of nitrogens with zero attached hydrogens (tertiary/aromatic N) is 2. The number of carbonyl (C=O) groups excluding carboxylic acids is 3. The van der Waals surface area contributed by atoms with Crippen LogP contribution in [0.4, 0.5) is 17.1 Å². The average Bonchev–Trinajstić information content (AvgIpc) is 3.10. The fourth-order valence-corrected chi connectivity index (χ4v) is 6.16. The SMILES string of the molecule is C[C@@H]1CN([C@H](C)CO)C(=O)Cc2cc(NC(=O)CCCCCC(=O)Nc3ccccc3N)ccc2O[C@H]1CN(C)Cc1ccc(Cl)c(Cl)c1. The molecule has 3 aromatic rings. The quantitative estimate of drug-likeness (QED) is 0.112. The van der Waals surface area contributed by atoms with Crippen LogP contribution in [0.2, 0.25) is 10.0 Å². The van der Waals surface area contributed by atoms with Crippen molar-refractivity contribution < 1.29 is 24.2 Å². The van der Waals surface area contributed by atoms with E-state index in [4.69, 9.17) is 33.7 Å². The number of ether oxygens (including phenoxy) is 1. The van der Waals surface area contributed by atoms with Crippen molar-refractivity contribution in [2.45, 2.75) is 71.1 Å². The molecule has 0 aliphatic carbocycles. The predicted octanol–water partition coefficient (Wildman–Crippen LogP) is 6.38. The molecule has 0 aromatic heterocycles. The first kappa shape index (κ1) is 38.0. The number of fused-ring (bicyclic) bond motifs is 1. The molecule has 3 aromatic carbocycles. The summed E-state index contributed by atoms with van der Waals surface area (Å²) in [5.74, 6) is 0.146. The maximum atomic E-state index is 13.6. The zero-order valence-corrected chi connectivity index (χ0v) is 29.9. The Hall–Kier alpha value is -3.83. The normalized spacial score (nSPS) is 17.0. The number of nitrogens with two attached hydrogens (primary N) is 1. The van der Waals surface area contributed by atoms with Crippen molar-refractivity contribution in [3.63, 3.8) is 0 Å². The van der Waals surface area contributed by atoms with Gasteiger partial charge < -0.3 is 31.1 Å². The van der Waals surface area contributed by atoms with Gasteiger partial charge in [0.05, 0.1) is 40.5 Å². The lowest BCUT2D eigenvalue weighted by molar-refractivity contribution is -0.134. The van der Waals surface area contributed by atoms with Crippen LogP contribution in [0.3, 0.4) is 0 Å². The number of hydrogen-bond acceptors (Lipinski definition) is 7. The fraction of sp³-hybridized carbons (Fsp3) is 0.432. The first-order valence-corrected chi connectivity index (χ1v) is 17.5. The van der Waals surface area contributed by atoms with Crippen LogP contribution in [-0.2, 0) is 27.3 Å². The maximum Gasteiger partial charge on any atom is 0.227 e. The minimum absolute atomic E-state index is 0.0536. The molecule has 3 amide bonds. The number of carbonyl (C=O) groups is 3. The van der Waals surface area contributed by atoms with Crippen molar-refractivity contribution >= 4 is 58.0 Å². The lowest BCUT2D eigenvalue weighted by Crippen LogP contribution is -2.47. The van der Waals surface area contributed by atoms with Gasteiger partial charge in [0.2, 0.25) is 17.7 Å². The van der Waals surface area contributed by atoms with Crippen molar-refractivity contribution in [3.8, 4) is 5.75 Å². The Morgan fingerprint density at radius 3 is 2.43 bits per heavy atom. The van der Waals surface area contributed by atoms with E-state index in [1.54, 1.807) is 41.3 Å². The molecule has 0 bridgehead atoms. The predicted molar refractivity (Wildman–Crippen MR) is 196 cm³/mol. The number of anilines is 3. The number of rotatable bonds is 14. The standard InChI is InChI=1S/C37H47Cl2N5O5/c1-24-20-44(25(2)23-45)37(48)19-27-18-28(41-35(46)11-5-4-6-12-36(47)42-32-10-8-7-9-31(32)40)14-16-33(27)49-34(24)22-43(3)21-26-13-15-29(38)30(39)17-26/h7-10,13-18,24-25,34,45H,4-6,11-12,19-23,40H2,1-3H3,(H,41,46)(H,42,47)/t24-,25-,34+/m1/s1. The number of hydrogen-bond donors (Lipinski definition) is 4. The molecule has 1 aliphatic rings. The van der Waals surface area contributed by atoms with E-state index in [9.17, 15) is 19.5 Å². The van der Waals surface area contributed by atoms with E-state index in [2.05, 4.69) is 15.5 Å².